The van der Waals surface area contributed by atoms with Crippen molar-refractivity contribution in [3.05, 3.63) is 47.2 Å². The van der Waals surface area contributed by atoms with Gasteiger partial charge in [0.2, 0.25) is 0 Å². The van der Waals surface area contributed by atoms with E-state index >= 15 is 0 Å². The van der Waals surface area contributed by atoms with E-state index in [1.165, 1.54) is 0 Å². The second-order valence-corrected chi connectivity index (χ2v) is 12.1. The molecule has 4 heterocycles. The molecule has 0 radical (unpaired) electrons. The standard InChI is InChI=1S/C31H44N6O6/c1-31(2,3)43-30(39)37-12-10-25-26(22-37)32-28(41-19-7-11-34-17-20-40-21-18-34)33-27(25)35-13-15-36(16-14-35)29(38)42-23-24-8-5-4-6-9-24/h4-6,8-9H,7,10-23H2,1-3H3. The third-order valence-corrected chi connectivity index (χ3v) is 7.67. The molecule has 2 fully saturated rings. The van der Waals surface area contributed by atoms with Crippen molar-refractivity contribution in [2.75, 3.05) is 77.1 Å². The van der Waals surface area contributed by atoms with Gasteiger partial charge in [0, 0.05) is 57.9 Å². The normalized spacial score (nSPS) is 17.8. The van der Waals surface area contributed by atoms with Gasteiger partial charge in [0.25, 0.3) is 0 Å². The van der Waals surface area contributed by atoms with Crippen LogP contribution in [0.25, 0.3) is 0 Å². The van der Waals surface area contributed by atoms with Crippen LogP contribution in [0.2, 0.25) is 0 Å². The lowest BCUT2D eigenvalue weighted by molar-refractivity contribution is 0.0220. The molecule has 0 spiro atoms. The number of nitrogens with zero attached hydrogens (tertiary/aromatic N) is 6. The highest BCUT2D eigenvalue weighted by atomic mass is 16.6. The molecule has 2 saturated heterocycles. The molecule has 0 aliphatic carbocycles. The Labute approximate surface area is 253 Å². The summed E-state index contributed by atoms with van der Waals surface area (Å²) in [7, 11) is 0. The summed E-state index contributed by atoms with van der Waals surface area (Å²) in [6, 6.07) is 9.99. The van der Waals surface area contributed by atoms with E-state index in [1.54, 1.807) is 9.80 Å². The molecule has 2 amide bonds. The lowest BCUT2D eigenvalue weighted by Gasteiger charge is -2.37. The van der Waals surface area contributed by atoms with Crippen LogP contribution in [0.3, 0.4) is 0 Å². The first kappa shape index (κ1) is 30.8. The molecule has 3 aliphatic heterocycles. The van der Waals surface area contributed by atoms with Gasteiger partial charge in [-0.25, -0.2) is 9.59 Å². The van der Waals surface area contributed by atoms with E-state index in [-0.39, 0.29) is 18.8 Å². The quantitative estimate of drug-likeness (QED) is 0.421. The van der Waals surface area contributed by atoms with Gasteiger partial charge in [-0.2, -0.15) is 9.97 Å². The number of fused-ring (bicyclic) bond motifs is 1. The lowest BCUT2D eigenvalue weighted by Crippen LogP contribution is -2.50. The molecule has 1 aromatic carbocycles. The van der Waals surface area contributed by atoms with Gasteiger partial charge in [-0.15, -0.1) is 0 Å². The van der Waals surface area contributed by atoms with Crippen molar-refractivity contribution >= 4 is 18.0 Å². The van der Waals surface area contributed by atoms with Crippen molar-refractivity contribution in [3.8, 4) is 6.01 Å². The van der Waals surface area contributed by atoms with Crippen molar-refractivity contribution in [3.63, 3.8) is 0 Å². The number of hydrogen-bond donors (Lipinski definition) is 0. The third-order valence-electron chi connectivity index (χ3n) is 7.67. The highest BCUT2D eigenvalue weighted by molar-refractivity contribution is 5.69. The molecular weight excluding hydrogens is 552 g/mol. The fourth-order valence-electron chi connectivity index (χ4n) is 5.38. The molecule has 12 nitrogen and oxygen atoms in total. The molecule has 2 aromatic rings. The predicted molar refractivity (Wildman–Crippen MR) is 160 cm³/mol. The van der Waals surface area contributed by atoms with Crippen molar-refractivity contribution in [1.82, 2.24) is 24.7 Å². The summed E-state index contributed by atoms with van der Waals surface area (Å²) in [5.41, 5.74) is 2.17. The molecular formula is C31H44N6O6. The molecule has 1 aromatic heterocycles. The molecule has 0 unspecified atom stereocenters. The van der Waals surface area contributed by atoms with Crippen LogP contribution < -0.4 is 9.64 Å². The smallest absolute Gasteiger partial charge is 0.410 e. The van der Waals surface area contributed by atoms with Crippen molar-refractivity contribution in [1.29, 1.82) is 0 Å². The first-order chi connectivity index (χ1) is 20.7. The maximum atomic E-state index is 12.9. The number of morpholine rings is 1. The van der Waals surface area contributed by atoms with Crippen molar-refractivity contribution < 1.29 is 28.5 Å². The van der Waals surface area contributed by atoms with Gasteiger partial charge in [-0.3, -0.25) is 4.90 Å². The average molecular weight is 597 g/mol. The number of benzene rings is 1. The van der Waals surface area contributed by atoms with Crippen LogP contribution in [0.1, 0.15) is 44.0 Å². The van der Waals surface area contributed by atoms with E-state index in [0.29, 0.717) is 58.3 Å². The highest BCUT2D eigenvalue weighted by Gasteiger charge is 2.32. The van der Waals surface area contributed by atoms with E-state index in [4.69, 9.17) is 28.9 Å². The fraction of sp³-hybridized carbons (Fsp3) is 0.613. The Morgan fingerprint density at radius 3 is 2.37 bits per heavy atom. The number of amides is 2. The number of carbonyl (C=O) groups is 2. The van der Waals surface area contributed by atoms with Crippen molar-refractivity contribution in [2.24, 2.45) is 0 Å². The number of aromatic nitrogens is 2. The number of carbonyl (C=O) groups excluding carboxylic acids is 2. The summed E-state index contributed by atoms with van der Waals surface area (Å²) in [6.45, 7) is 13.8. The minimum Gasteiger partial charge on any atom is -0.463 e. The number of anilines is 1. The topological polar surface area (TPSA) is 110 Å². The van der Waals surface area contributed by atoms with Gasteiger partial charge in [0.15, 0.2) is 0 Å². The van der Waals surface area contributed by atoms with Gasteiger partial charge in [-0.05, 0) is 39.2 Å². The molecule has 43 heavy (non-hydrogen) atoms. The second kappa shape index (κ2) is 14.2. The van der Waals surface area contributed by atoms with Crippen molar-refractivity contribution in [2.45, 2.75) is 52.4 Å². The monoisotopic (exact) mass is 596 g/mol. The highest BCUT2D eigenvalue weighted by Crippen LogP contribution is 2.30. The van der Waals surface area contributed by atoms with Crippen LogP contribution in [0.15, 0.2) is 30.3 Å². The van der Waals surface area contributed by atoms with E-state index < -0.39 is 5.60 Å². The first-order valence-corrected chi connectivity index (χ1v) is 15.3. The summed E-state index contributed by atoms with van der Waals surface area (Å²) in [5, 5.41) is 0. The summed E-state index contributed by atoms with van der Waals surface area (Å²) >= 11 is 0. The average Bonchev–Trinajstić information content (AvgIpc) is 3.01. The number of piperazine rings is 1. The first-order valence-electron chi connectivity index (χ1n) is 15.3. The Bertz CT molecular complexity index is 1230. The predicted octanol–water partition coefficient (Wildman–Crippen LogP) is 3.33. The number of hydrogen-bond acceptors (Lipinski definition) is 10. The van der Waals surface area contributed by atoms with E-state index in [0.717, 1.165) is 61.9 Å². The molecule has 12 heteroatoms. The van der Waals surface area contributed by atoms with Crippen LogP contribution in [0.5, 0.6) is 6.01 Å². The molecule has 0 bridgehead atoms. The van der Waals surface area contributed by atoms with Crippen LogP contribution in [-0.4, -0.2) is 115 Å². The SMILES string of the molecule is CC(C)(C)OC(=O)N1CCc2c(nc(OCCCN3CCOCC3)nc2N2CCN(C(=O)OCc3ccccc3)CC2)C1. The Morgan fingerprint density at radius 1 is 0.907 bits per heavy atom. The Balaban J connectivity index is 1.24. The van der Waals surface area contributed by atoms with Gasteiger partial charge in [0.1, 0.15) is 18.0 Å². The lowest BCUT2D eigenvalue weighted by atomic mass is 10.0. The summed E-state index contributed by atoms with van der Waals surface area (Å²) in [5.74, 6) is 0.814. The summed E-state index contributed by atoms with van der Waals surface area (Å²) in [4.78, 5) is 43.2. The van der Waals surface area contributed by atoms with Gasteiger partial charge in [-0.1, -0.05) is 30.3 Å². The molecule has 0 saturated carbocycles. The van der Waals surface area contributed by atoms with Gasteiger partial charge >= 0.3 is 18.2 Å². The van der Waals surface area contributed by atoms with E-state index in [9.17, 15) is 9.59 Å². The molecule has 0 N–H and O–H groups in total. The third kappa shape index (κ3) is 8.70. The fourth-order valence-corrected chi connectivity index (χ4v) is 5.38. The Kier molecular flexibility index (Phi) is 10.2. The largest absolute Gasteiger partial charge is 0.463 e. The minimum absolute atomic E-state index is 0.250. The van der Waals surface area contributed by atoms with Crippen LogP contribution in [0, 0.1) is 0 Å². The zero-order valence-electron chi connectivity index (χ0n) is 25.6. The maximum absolute atomic E-state index is 12.9. The molecule has 0 atom stereocenters. The van der Waals surface area contributed by atoms with Gasteiger partial charge < -0.3 is 33.6 Å². The van der Waals surface area contributed by atoms with E-state index in [1.807, 2.05) is 51.1 Å². The van der Waals surface area contributed by atoms with Gasteiger partial charge in [0.05, 0.1) is 32.1 Å². The Hall–Kier alpha value is -3.64. The summed E-state index contributed by atoms with van der Waals surface area (Å²) < 4.78 is 22.7. The zero-order valence-corrected chi connectivity index (χ0v) is 25.6. The Morgan fingerprint density at radius 2 is 1.65 bits per heavy atom. The summed E-state index contributed by atoms with van der Waals surface area (Å²) in [6.07, 6.45) is 0.795. The number of ether oxygens (including phenoxy) is 4. The van der Waals surface area contributed by atoms with Crippen LogP contribution in [0.4, 0.5) is 15.4 Å². The molecule has 3 aliphatic rings. The van der Waals surface area contributed by atoms with Crippen LogP contribution >= 0.6 is 0 Å². The maximum Gasteiger partial charge on any atom is 0.410 e. The molecule has 5 rings (SSSR count). The minimum atomic E-state index is -0.579. The van der Waals surface area contributed by atoms with Crippen LogP contribution in [-0.2, 0) is 33.8 Å². The van der Waals surface area contributed by atoms with E-state index in [2.05, 4.69) is 9.80 Å². The second-order valence-electron chi connectivity index (χ2n) is 12.1. The molecule has 234 valence electrons. The zero-order chi connectivity index (χ0) is 30.2. The number of rotatable bonds is 8.